The molecule has 0 saturated heterocycles. The molecule has 3 heteroatoms. The van der Waals surface area contributed by atoms with Crippen LogP contribution < -0.4 is 5.32 Å². The van der Waals surface area contributed by atoms with E-state index in [1.54, 1.807) is 0 Å². The van der Waals surface area contributed by atoms with Crippen LogP contribution in [0.1, 0.15) is 20.3 Å². The van der Waals surface area contributed by atoms with Gasteiger partial charge in [0.2, 0.25) is 5.91 Å². The number of hydrogen-bond donors (Lipinski definition) is 2. The van der Waals surface area contributed by atoms with Crippen molar-refractivity contribution in [1.82, 2.24) is 5.32 Å². The number of hydrogen-bond acceptors (Lipinski definition) is 2. The molecule has 0 aliphatic rings. The Morgan fingerprint density at radius 2 is 2.33 bits per heavy atom. The lowest BCUT2D eigenvalue weighted by Crippen LogP contribution is -2.35. The molecule has 0 radical (unpaired) electrons. The van der Waals surface area contributed by atoms with E-state index in [0.717, 1.165) is 6.42 Å². The molecule has 0 aromatic heterocycles. The Bertz CT molecular complexity index is 89.1. The molecule has 0 aliphatic carbocycles. The van der Waals surface area contributed by atoms with Crippen molar-refractivity contribution in [3.8, 4) is 0 Å². The Morgan fingerprint density at radius 3 is 2.44 bits per heavy atom. The van der Waals surface area contributed by atoms with Crippen LogP contribution in [0, 0.1) is 0 Å². The zero-order valence-corrected chi connectivity index (χ0v) is 5.85. The summed E-state index contributed by atoms with van der Waals surface area (Å²) in [6, 6.07) is -0.0671. The fourth-order valence-electron chi connectivity index (χ4n) is 0.564. The third-order valence-electron chi connectivity index (χ3n) is 1.12. The van der Waals surface area contributed by atoms with Crippen LogP contribution in [0.3, 0.4) is 0 Å². The van der Waals surface area contributed by atoms with Crippen molar-refractivity contribution in [3.63, 3.8) is 0 Å². The molecule has 3 nitrogen and oxygen atoms in total. The first-order valence-corrected chi connectivity index (χ1v) is 3.08. The molecule has 0 heterocycles. The van der Waals surface area contributed by atoms with Gasteiger partial charge in [0.25, 0.3) is 0 Å². The standard InChI is InChI=1S/C6H13NO2/c1-3-6(4-8)7-5(2)9/h6,8H,3-4H2,1-2H3,(H,7,9)/t6-/m1/s1. The van der Waals surface area contributed by atoms with E-state index < -0.39 is 0 Å². The Hall–Kier alpha value is -0.570. The second-order valence-corrected chi connectivity index (χ2v) is 1.99. The van der Waals surface area contributed by atoms with Crippen molar-refractivity contribution in [1.29, 1.82) is 0 Å². The number of aliphatic hydroxyl groups excluding tert-OH is 1. The van der Waals surface area contributed by atoms with Crippen molar-refractivity contribution >= 4 is 5.91 Å². The van der Waals surface area contributed by atoms with Gasteiger partial charge >= 0.3 is 0 Å². The van der Waals surface area contributed by atoms with Gasteiger partial charge in [-0.05, 0) is 6.42 Å². The summed E-state index contributed by atoms with van der Waals surface area (Å²) in [5, 5.41) is 11.2. The minimum atomic E-state index is -0.0871. The average Bonchev–Trinajstić information content (AvgIpc) is 1.82. The Balaban J connectivity index is 3.43. The minimum Gasteiger partial charge on any atom is -0.394 e. The SMILES string of the molecule is CC[C@H](CO)NC(C)=O. The molecule has 0 saturated carbocycles. The van der Waals surface area contributed by atoms with Gasteiger partial charge in [-0.25, -0.2) is 0 Å². The number of carbonyl (C=O) groups is 1. The van der Waals surface area contributed by atoms with E-state index in [-0.39, 0.29) is 18.6 Å². The lowest BCUT2D eigenvalue weighted by atomic mass is 10.2. The first kappa shape index (κ1) is 8.43. The van der Waals surface area contributed by atoms with E-state index in [9.17, 15) is 4.79 Å². The zero-order valence-electron chi connectivity index (χ0n) is 5.85. The molecule has 9 heavy (non-hydrogen) atoms. The predicted octanol–water partition coefficient (Wildman–Crippen LogP) is -0.107. The van der Waals surface area contributed by atoms with Gasteiger partial charge in [0.05, 0.1) is 12.6 Å². The monoisotopic (exact) mass is 131 g/mol. The number of carbonyl (C=O) groups excluding carboxylic acids is 1. The van der Waals surface area contributed by atoms with Crippen molar-refractivity contribution in [3.05, 3.63) is 0 Å². The van der Waals surface area contributed by atoms with Gasteiger partial charge in [0.1, 0.15) is 0 Å². The van der Waals surface area contributed by atoms with E-state index in [4.69, 9.17) is 5.11 Å². The minimum absolute atomic E-state index is 0.0239. The fraction of sp³-hybridized carbons (Fsp3) is 0.833. The third-order valence-corrected chi connectivity index (χ3v) is 1.12. The molecular formula is C6H13NO2. The molecule has 0 aromatic carbocycles. The van der Waals surface area contributed by atoms with Gasteiger partial charge in [-0.2, -0.15) is 0 Å². The van der Waals surface area contributed by atoms with Gasteiger partial charge in [0, 0.05) is 6.92 Å². The Kier molecular flexibility index (Phi) is 4.05. The number of amides is 1. The second kappa shape index (κ2) is 4.32. The normalized spacial score (nSPS) is 12.8. The maximum Gasteiger partial charge on any atom is 0.217 e. The smallest absolute Gasteiger partial charge is 0.217 e. The highest BCUT2D eigenvalue weighted by atomic mass is 16.3. The van der Waals surface area contributed by atoms with Crippen molar-refractivity contribution in [2.75, 3.05) is 6.61 Å². The van der Waals surface area contributed by atoms with Crippen molar-refractivity contribution in [2.45, 2.75) is 26.3 Å². The number of aliphatic hydroxyl groups is 1. The molecule has 54 valence electrons. The van der Waals surface area contributed by atoms with E-state index in [2.05, 4.69) is 5.32 Å². The van der Waals surface area contributed by atoms with Crippen LogP contribution >= 0.6 is 0 Å². The third kappa shape index (κ3) is 3.97. The van der Waals surface area contributed by atoms with Crippen LogP contribution in [-0.2, 0) is 4.79 Å². The lowest BCUT2D eigenvalue weighted by Gasteiger charge is -2.10. The van der Waals surface area contributed by atoms with Gasteiger partial charge in [-0.15, -0.1) is 0 Å². The average molecular weight is 131 g/mol. The first-order chi connectivity index (χ1) is 4.20. The van der Waals surface area contributed by atoms with Crippen molar-refractivity contribution < 1.29 is 9.90 Å². The Morgan fingerprint density at radius 1 is 1.78 bits per heavy atom. The molecular weight excluding hydrogens is 118 g/mol. The zero-order chi connectivity index (χ0) is 7.28. The maximum absolute atomic E-state index is 10.3. The summed E-state index contributed by atoms with van der Waals surface area (Å²) in [6.07, 6.45) is 0.774. The van der Waals surface area contributed by atoms with Gasteiger partial charge < -0.3 is 10.4 Å². The van der Waals surface area contributed by atoms with Crippen LogP contribution in [0.25, 0.3) is 0 Å². The summed E-state index contributed by atoms with van der Waals surface area (Å²) in [6.45, 7) is 3.38. The summed E-state index contributed by atoms with van der Waals surface area (Å²) in [5.74, 6) is -0.0871. The van der Waals surface area contributed by atoms with Crippen LogP contribution in [0.4, 0.5) is 0 Å². The van der Waals surface area contributed by atoms with Gasteiger partial charge in [-0.1, -0.05) is 6.92 Å². The highest BCUT2D eigenvalue weighted by molar-refractivity contribution is 5.73. The molecule has 2 N–H and O–H groups in total. The summed E-state index contributed by atoms with van der Waals surface area (Å²) < 4.78 is 0. The van der Waals surface area contributed by atoms with Gasteiger partial charge in [-0.3, -0.25) is 4.79 Å². The van der Waals surface area contributed by atoms with E-state index in [1.165, 1.54) is 6.92 Å². The van der Waals surface area contributed by atoms with E-state index in [1.807, 2.05) is 6.92 Å². The number of rotatable bonds is 3. The van der Waals surface area contributed by atoms with Crippen molar-refractivity contribution in [2.24, 2.45) is 0 Å². The Labute approximate surface area is 55.1 Å². The fourth-order valence-corrected chi connectivity index (χ4v) is 0.564. The van der Waals surface area contributed by atoms with Crippen LogP contribution in [0.15, 0.2) is 0 Å². The van der Waals surface area contributed by atoms with E-state index in [0.29, 0.717) is 0 Å². The van der Waals surface area contributed by atoms with Crippen LogP contribution in [0.5, 0.6) is 0 Å². The molecule has 0 fully saturated rings. The number of nitrogens with one attached hydrogen (secondary N) is 1. The van der Waals surface area contributed by atoms with Gasteiger partial charge in [0.15, 0.2) is 0 Å². The maximum atomic E-state index is 10.3. The molecule has 0 aromatic rings. The first-order valence-electron chi connectivity index (χ1n) is 3.08. The van der Waals surface area contributed by atoms with E-state index >= 15 is 0 Å². The topological polar surface area (TPSA) is 49.3 Å². The molecule has 0 rings (SSSR count). The molecule has 0 spiro atoms. The second-order valence-electron chi connectivity index (χ2n) is 1.99. The highest BCUT2D eigenvalue weighted by Crippen LogP contribution is 1.86. The summed E-state index contributed by atoms with van der Waals surface area (Å²) in [7, 11) is 0. The highest BCUT2D eigenvalue weighted by Gasteiger charge is 2.03. The summed E-state index contributed by atoms with van der Waals surface area (Å²) in [4.78, 5) is 10.3. The van der Waals surface area contributed by atoms with Crippen LogP contribution in [-0.4, -0.2) is 23.7 Å². The molecule has 1 amide bonds. The quantitative estimate of drug-likeness (QED) is 0.561. The molecule has 1 atom stereocenters. The largest absolute Gasteiger partial charge is 0.394 e. The molecule has 0 unspecified atom stereocenters. The van der Waals surface area contributed by atoms with Crippen LogP contribution in [0.2, 0.25) is 0 Å². The molecule has 0 aliphatic heterocycles. The summed E-state index contributed by atoms with van der Waals surface area (Å²) in [5.41, 5.74) is 0. The predicted molar refractivity (Wildman–Crippen MR) is 35.0 cm³/mol. The lowest BCUT2D eigenvalue weighted by molar-refractivity contribution is -0.120. The molecule has 0 bridgehead atoms. The summed E-state index contributed by atoms with van der Waals surface area (Å²) >= 11 is 0.